The topological polar surface area (TPSA) is 66.5 Å². The van der Waals surface area contributed by atoms with Gasteiger partial charge in [-0.3, -0.25) is 4.79 Å². The molecule has 1 saturated heterocycles. The molecule has 0 atom stereocenters. The third-order valence-electron chi connectivity index (χ3n) is 4.95. The molecule has 1 saturated carbocycles. The summed E-state index contributed by atoms with van der Waals surface area (Å²) in [5, 5.41) is 3.17. The van der Waals surface area contributed by atoms with Crippen molar-refractivity contribution in [2.24, 2.45) is 11.8 Å². The largest absolute Gasteiger partial charge is 0.353 e. The number of rotatable bonds is 4. The summed E-state index contributed by atoms with van der Waals surface area (Å²) in [4.78, 5) is 12.3. The van der Waals surface area contributed by atoms with Crippen molar-refractivity contribution in [1.29, 1.82) is 0 Å². The van der Waals surface area contributed by atoms with Crippen LogP contribution in [0.3, 0.4) is 0 Å². The summed E-state index contributed by atoms with van der Waals surface area (Å²) in [5.74, 6) is 1.03. The van der Waals surface area contributed by atoms with E-state index in [9.17, 15) is 13.2 Å². The van der Waals surface area contributed by atoms with Gasteiger partial charge in [-0.05, 0) is 51.4 Å². The molecular weight excluding hydrogens is 288 g/mol. The zero-order valence-electron chi connectivity index (χ0n) is 13.2. The molecule has 0 bridgehead atoms. The van der Waals surface area contributed by atoms with Gasteiger partial charge in [0.15, 0.2) is 0 Å². The lowest BCUT2D eigenvalue weighted by Gasteiger charge is -2.32. The average molecular weight is 316 g/mol. The van der Waals surface area contributed by atoms with Gasteiger partial charge in [0.25, 0.3) is 0 Å². The Morgan fingerprint density at radius 2 is 1.67 bits per heavy atom. The first kappa shape index (κ1) is 16.7. The Bertz CT molecular complexity index is 448. The number of nitrogens with zero attached hydrogens (tertiary/aromatic N) is 1. The van der Waals surface area contributed by atoms with Crippen LogP contribution in [0.1, 0.15) is 52.4 Å². The Hall–Kier alpha value is -0.620. The van der Waals surface area contributed by atoms with Crippen LogP contribution in [0.25, 0.3) is 0 Å². The summed E-state index contributed by atoms with van der Waals surface area (Å²) in [7, 11) is -3.10. The van der Waals surface area contributed by atoms with Crippen LogP contribution in [-0.4, -0.2) is 43.5 Å². The van der Waals surface area contributed by atoms with Crippen LogP contribution >= 0.6 is 0 Å². The highest BCUT2D eigenvalue weighted by Crippen LogP contribution is 2.25. The SMILES string of the molecule is CCS(=O)(=O)N1CCC(C(=O)NC2CCC(C)CC2)CC1. The van der Waals surface area contributed by atoms with Crippen LogP contribution in [0.4, 0.5) is 0 Å². The van der Waals surface area contributed by atoms with Crippen molar-refractivity contribution in [2.45, 2.75) is 58.4 Å². The molecule has 21 heavy (non-hydrogen) atoms. The average Bonchev–Trinajstić information content (AvgIpc) is 2.49. The van der Waals surface area contributed by atoms with Crippen LogP contribution in [0.2, 0.25) is 0 Å². The molecule has 0 unspecified atom stereocenters. The second-order valence-electron chi connectivity index (χ2n) is 6.54. The number of hydrogen-bond acceptors (Lipinski definition) is 3. The van der Waals surface area contributed by atoms with Crippen molar-refractivity contribution in [2.75, 3.05) is 18.8 Å². The van der Waals surface area contributed by atoms with Crippen molar-refractivity contribution in [3.63, 3.8) is 0 Å². The molecule has 5 nitrogen and oxygen atoms in total. The van der Waals surface area contributed by atoms with E-state index >= 15 is 0 Å². The first-order valence-corrected chi connectivity index (χ1v) is 9.81. The molecule has 122 valence electrons. The number of nitrogens with one attached hydrogen (secondary N) is 1. The van der Waals surface area contributed by atoms with E-state index in [0.717, 1.165) is 18.8 Å². The summed E-state index contributed by atoms with van der Waals surface area (Å²) < 4.78 is 25.1. The van der Waals surface area contributed by atoms with Crippen molar-refractivity contribution >= 4 is 15.9 Å². The smallest absolute Gasteiger partial charge is 0.223 e. The molecule has 1 N–H and O–H groups in total. The van der Waals surface area contributed by atoms with Crippen LogP contribution in [0, 0.1) is 11.8 Å². The van der Waals surface area contributed by atoms with Gasteiger partial charge in [0, 0.05) is 25.0 Å². The predicted molar refractivity (Wildman–Crippen MR) is 83.3 cm³/mol. The standard InChI is InChI=1S/C15H28N2O3S/c1-3-21(19,20)17-10-8-13(9-11-17)15(18)16-14-6-4-12(2)5-7-14/h12-14H,3-11H2,1-2H3,(H,16,18). The second kappa shape index (κ2) is 7.09. The van der Waals surface area contributed by atoms with Crippen molar-refractivity contribution in [3.05, 3.63) is 0 Å². The van der Waals surface area contributed by atoms with Crippen LogP contribution in [0.5, 0.6) is 0 Å². The van der Waals surface area contributed by atoms with Gasteiger partial charge in [-0.15, -0.1) is 0 Å². The number of hydrogen-bond donors (Lipinski definition) is 1. The summed E-state index contributed by atoms with van der Waals surface area (Å²) in [6, 6.07) is 0.325. The maximum Gasteiger partial charge on any atom is 0.223 e. The van der Waals surface area contributed by atoms with Gasteiger partial charge in [0.2, 0.25) is 15.9 Å². The fourth-order valence-electron chi connectivity index (χ4n) is 3.30. The van der Waals surface area contributed by atoms with Gasteiger partial charge in [-0.25, -0.2) is 12.7 Å². The molecular formula is C15H28N2O3S. The highest BCUT2D eigenvalue weighted by Gasteiger charge is 2.31. The van der Waals surface area contributed by atoms with E-state index in [0.29, 0.717) is 32.0 Å². The molecule has 0 aromatic heterocycles. The van der Waals surface area contributed by atoms with E-state index in [2.05, 4.69) is 12.2 Å². The fourth-order valence-corrected chi connectivity index (χ4v) is 4.43. The maximum atomic E-state index is 12.3. The minimum atomic E-state index is -3.10. The van der Waals surface area contributed by atoms with Gasteiger partial charge < -0.3 is 5.32 Å². The molecule has 2 fully saturated rings. The zero-order chi connectivity index (χ0) is 15.5. The first-order chi connectivity index (χ1) is 9.92. The predicted octanol–water partition coefficient (Wildman–Crippen LogP) is 1.74. The Morgan fingerprint density at radius 3 is 2.19 bits per heavy atom. The van der Waals surface area contributed by atoms with E-state index in [1.54, 1.807) is 6.92 Å². The Kier molecular flexibility index (Phi) is 5.66. The molecule has 0 aromatic carbocycles. The van der Waals surface area contributed by atoms with E-state index in [-0.39, 0.29) is 17.6 Å². The van der Waals surface area contributed by atoms with Crippen LogP contribution in [-0.2, 0) is 14.8 Å². The second-order valence-corrected chi connectivity index (χ2v) is 8.80. The van der Waals surface area contributed by atoms with E-state index < -0.39 is 10.0 Å². The summed E-state index contributed by atoms with van der Waals surface area (Å²) in [6.07, 6.45) is 5.84. The normalized spacial score (nSPS) is 29.2. The van der Waals surface area contributed by atoms with Crippen molar-refractivity contribution in [3.8, 4) is 0 Å². The first-order valence-electron chi connectivity index (χ1n) is 8.20. The number of piperidine rings is 1. The van der Waals surface area contributed by atoms with Gasteiger partial charge in [0.05, 0.1) is 5.75 Å². The summed E-state index contributed by atoms with van der Waals surface area (Å²) >= 11 is 0. The number of carbonyl (C=O) groups excluding carboxylic acids is 1. The lowest BCUT2D eigenvalue weighted by Crippen LogP contribution is -2.46. The molecule has 1 aliphatic carbocycles. The van der Waals surface area contributed by atoms with E-state index in [1.165, 1.54) is 17.1 Å². The highest BCUT2D eigenvalue weighted by molar-refractivity contribution is 7.89. The number of amides is 1. The number of carbonyl (C=O) groups is 1. The number of sulfonamides is 1. The van der Waals surface area contributed by atoms with E-state index in [4.69, 9.17) is 0 Å². The molecule has 0 aromatic rings. The molecule has 0 spiro atoms. The molecule has 1 heterocycles. The van der Waals surface area contributed by atoms with Gasteiger partial charge in [0.1, 0.15) is 0 Å². The minimum Gasteiger partial charge on any atom is -0.353 e. The van der Waals surface area contributed by atoms with Crippen LogP contribution in [0.15, 0.2) is 0 Å². The summed E-state index contributed by atoms with van der Waals surface area (Å²) in [5.41, 5.74) is 0. The van der Waals surface area contributed by atoms with Gasteiger partial charge >= 0.3 is 0 Å². The Balaban J connectivity index is 1.78. The van der Waals surface area contributed by atoms with Gasteiger partial charge in [-0.2, -0.15) is 0 Å². The monoisotopic (exact) mass is 316 g/mol. The molecule has 1 aliphatic heterocycles. The van der Waals surface area contributed by atoms with Gasteiger partial charge in [-0.1, -0.05) is 6.92 Å². The molecule has 1 amide bonds. The zero-order valence-corrected chi connectivity index (χ0v) is 14.0. The summed E-state index contributed by atoms with van der Waals surface area (Å²) in [6.45, 7) is 4.89. The lowest BCUT2D eigenvalue weighted by molar-refractivity contribution is -0.127. The Labute approximate surface area is 128 Å². The van der Waals surface area contributed by atoms with Crippen molar-refractivity contribution in [1.82, 2.24) is 9.62 Å². The molecule has 2 aliphatic rings. The van der Waals surface area contributed by atoms with E-state index in [1.807, 2.05) is 0 Å². The fraction of sp³-hybridized carbons (Fsp3) is 0.933. The maximum absolute atomic E-state index is 12.3. The Morgan fingerprint density at radius 1 is 1.10 bits per heavy atom. The van der Waals surface area contributed by atoms with Crippen molar-refractivity contribution < 1.29 is 13.2 Å². The minimum absolute atomic E-state index is 0.0207. The van der Waals surface area contributed by atoms with Crippen LogP contribution < -0.4 is 5.32 Å². The third kappa shape index (κ3) is 4.42. The molecule has 0 radical (unpaired) electrons. The third-order valence-corrected chi connectivity index (χ3v) is 6.83. The quantitative estimate of drug-likeness (QED) is 0.859. The highest BCUT2D eigenvalue weighted by atomic mass is 32.2. The lowest BCUT2D eigenvalue weighted by atomic mass is 9.87. The molecule has 2 rings (SSSR count). The molecule has 6 heteroatoms.